The van der Waals surface area contributed by atoms with Crippen molar-refractivity contribution < 1.29 is 14.4 Å². The molecule has 5 nitrogen and oxygen atoms in total. The number of nitro groups is 1. The van der Waals surface area contributed by atoms with Crippen LogP contribution < -0.4 is 9.47 Å². The van der Waals surface area contributed by atoms with Gasteiger partial charge in [0.2, 0.25) is 0 Å². The summed E-state index contributed by atoms with van der Waals surface area (Å²) in [5, 5.41) is 15.1. The Morgan fingerprint density at radius 2 is 1.59 bits per heavy atom. The van der Waals surface area contributed by atoms with E-state index in [2.05, 4.69) is 43.3 Å². The Labute approximate surface area is 213 Å². The van der Waals surface area contributed by atoms with Crippen LogP contribution in [0.1, 0.15) is 23.6 Å². The van der Waals surface area contributed by atoms with E-state index in [4.69, 9.17) is 9.47 Å². The molecule has 2 aliphatic rings. The zero-order chi connectivity index (χ0) is 25.1. The van der Waals surface area contributed by atoms with Gasteiger partial charge >= 0.3 is 0 Å². The Balaban J connectivity index is 1.48. The second-order valence-electron chi connectivity index (χ2n) is 9.40. The van der Waals surface area contributed by atoms with Gasteiger partial charge in [0.1, 0.15) is 17.3 Å². The highest BCUT2D eigenvalue weighted by Gasteiger charge is 2.45. The van der Waals surface area contributed by atoms with Gasteiger partial charge in [-0.25, -0.2) is 0 Å². The van der Waals surface area contributed by atoms with Gasteiger partial charge < -0.3 is 9.47 Å². The van der Waals surface area contributed by atoms with Gasteiger partial charge in [0.05, 0.1) is 4.92 Å². The summed E-state index contributed by atoms with van der Waals surface area (Å²) in [6.07, 6.45) is 4.16. The summed E-state index contributed by atoms with van der Waals surface area (Å²) in [6, 6.07) is 31.2. The van der Waals surface area contributed by atoms with Gasteiger partial charge in [-0.15, -0.1) is 0 Å². The molecule has 0 fully saturated rings. The van der Waals surface area contributed by atoms with Crippen LogP contribution in [-0.2, 0) is 5.60 Å². The molecule has 0 amide bonds. The molecule has 0 bridgehead atoms. The first kappa shape index (κ1) is 21.4. The number of non-ortho nitro benzene ring substituents is 1. The average molecular weight is 484 g/mol. The summed E-state index contributed by atoms with van der Waals surface area (Å²) in [6.45, 7) is 2.06. The first-order valence-electron chi connectivity index (χ1n) is 12.1. The number of rotatable bonds is 2. The lowest BCUT2D eigenvalue weighted by Gasteiger charge is -2.41. The first-order chi connectivity index (χ1) is 18.0. The van der Waals surface area contributed by atoms with Crippen molar-refractivity contribution in [3.05, 3.63) is 136 Å². The Kier molecular flexibility index (Phi) is 4.51. The Bertz CT molecular complexity index is 1820. The standard InChI is InChI=1S/C32H21NO4/c1-20-30(22-8-3-2-4-9-22)36-31-26-10-6-5-7-21(26)11-15-28(31)32(20)18-17-27-25-14-13-24(33(34)35)19-23(25)12-16-29(27)37-32/h2-19H,1H3. The molecule has 0 radical (unpaired) electrons. The van der Waals surface area contributed by atoms with E-state index in [1.165, 1.54) is 6.07 Å². The fourth-order valence-corrected chi connectivity index (χ4v) is 5.51. The first-order valence-corrected chi connectivity index (χ1v) is 12.1. The highest BCUT2D eigenvalue weighted by molar-refractivity contribution is 5.97. The van der Waals surface area contributed by atoms with Crippen LogP contribution in [0.2, 0.25) is 0 Å². The van der Waals surface area contributed by atoms with E-state index in [0.29, 0.717) is 0 Å². The maximum Gasteiger partial charge on any atom is 0.270 e. The lowest BCUT2D eigenvalue weighted by atomic mass is 9.79. The van der Waals surface area contributed by atoms with E-state index in [-0.39, 0.29) is 10.6 Å². The Morgan fingerprint density at radius 3 is 2.43 bits per heavy atom. The normalized spacial score (nSPS) is 17.9. The van der Waals surface area contributed by atoms with Gasteiger partial charge in [-0.1, -0.05) is 66.7 Å². The molecular formula is C32H21NO4. The van der Waals surface area contributed by atoms with E-state index >= 15 is 0 Å². The van der Waals surface area contributed by atoms with Crippen LogP contribution in [0.25, 0.3) is 33.4 Å². The molecule has 0 aromatic heterocycles. The molecule has 1 atom stereocenters. The molecule has 7 rings (SSSR count). The molecule has 0 aliphatic carbocycles. The molecule has 5 heteroatoms. The Morgan fingerprint density at radius 1 is 0.811 bits per heavy atom. The molecule has 2 heterocycles. The number of nitrogens with zero attached hydrogens (tertiary/aromatic N) is 1. The van der Waals surface area contributed by atoms with Gasteiger partial charge in [-0.2, -0.15) is 0 Å². The molecule has 1 spiro atoms. The van der Waals surface area contributed by atoms with E-state index in [1.807, 2.05) is 54.6 Å². The van der Waals surface area contributed by atoms with Crippen molar-refractivity contribution in [2.75, 3.05) is 0 Å². The maximum absolute atomic E-state index is 11.3. The van der Waals surface area contributed by atoms with Gasteiger partial charge in [0.15, 0.2) is 5.60 Å². The van der Waals surface area contributed by atoms with Crippen LogP contribution in [-0.4, -0.2) is 4.92 Å². The third-order valence-electron chi connectivity index (χ3n) is 7.39. The summed E-state index contributed by atoms with van der Waals surface area (Å²) in [5.41, 5.74) is 2.97. The van der Waals surface area contributed by atoms with Crippen molar-refractivity contribution in [1.82, 2.24) is 0 Å². The van der Waals surface area contributed by atoms with Gasteiger partial charge in [0.25, 0.3) is 5.69 Å². The molecule has 5 aromatic rings. The molecule has 0 saturated carbocycles. The van der Waals surface area contributed by atoms with Crippen molar-refractivity contribution in [1.29, 1.82) is 0 Å². The largest absolute Gasteiger partial charge is 0.473 e. The fraction of sp³-hybridized carbons (Fsp3) is 0.0625. The number of hydrogen-bond donors (Lipinski definition) is 0. The monoisotopic (exact) mass is 483 g/mol. The molecule has 5 aromatic carbocycles. The lowest BCUT2D eigenvalue weighted by Crippen LogP contribution is -2.38. The van der Waals surface area contributed by atoms with Crippen LogP contribution in [0, 0.1) is 10.1 Å². The summed E-state index contributed by atoms with van der Waals surface area (Å²) in [4.78, 5) is 10.9. The summed E-state index contributed by atoms with van der Waals surface area (Å²) in [5.74, 6) is 2.28. The van der Waals surface area contributed by atoms with Gasteiger partial charge in [-0.05, 0) is 53.4 Å². The average Bonchev–Trinajstić information content (AvgIpc) is 2.94. The smallest absolute Gasteiger partial charge is 0.270 e. The van der Waals surface area contributed by atoms with Gasteiger partial charge in [-0.3, -0.25) is 10.1 Å². The number of benzene rings is 5. The molecule has 2 aliphatic heterocycles. The molecular weight excluding hydrogens is 462 g/mol. The predicted molar refractivity (Wildman–Crippen MR) is 146 cm³/mol. The van der Waals surface area contributed by atoms with E-state index in [1.54, 1.807) is 12.1 Å². The van der Waals surface area contributed by atoms with Crippen molar-refractivity contribution in [3.8, 4) is 11.5 Å². The molecule has 0 N–H and O–H groups in total. The minimum atomic E-state index is -0.871. The number of nitro benzene ring substituents is 1. The lowest BCUT2D eigenvalue weighted by molar-refractivity contribution is -0.384. The third kappa shape index (κ3) is 3.10. The van der Waals surface area contributed by atoms with Crippen molar-refractivity contribution in [3.63, 3.8) is 0 Å². The van der Waals surface area contributed by atoms with Crippen molar-refractivity contribution in [2.45, 2.75) is 12.5 Å². The zero-order valence-corrected chi connectivity index (χ0v) is 20.0. The van der Waals surface area contributed by atoms with Gasteiger partial charge in [0, 0.05) is 39.8 Å². The summed E-state index contributed by atoms with van der Waals surface area (Å²) < 4.78 is 13.6. The maximum atomic E-state index is 11.3. The second kappa shape index (κ2) is 7.80. The molecule has 1 unspecified atom stereocenters. The predicted octanol–water partition coefficient (Wildman–Crippen LogP) is 8.03. The molecule has 37 heavy (non-hydrogen) atoms. The topological polar surface area (TPSA) is 61.6 Å². The highest BCUT2D eigenvalue weighted by Crippen LogP contribution is 2.53. The quantitative estimate of drug-likeness (QED) is 0.188. The van der Waals surface area contributed by atoms with E-state index in [0.717, 1.165) is 61.1 Å². The van der Waals surface area contributed by atoms with Crippen LogP contribution in [0.5, 0.6) is 11.5 Å². The van der Waals surface area contributed by atoms with Crippen molar-refractivity contribution >= 4 is 39.1 Å². The van der Waals surface area contributed by atoms with Crippen molar-refractivity contribution in [2.24, 2.45) is 0 Å². The minimum absolute atomic E-state index is 0.0705. The SMILES string of the molecule is CC1=C(c2ccccc2)Oc2c(ccc3ccccc23)C12C=Cc1c(ccc3cc([N+](=O)[O-])ccc13)O2. The molecule has 0 saturated heterocycles. The summed E-state index contributed by atoms with van der Waals surface area (Å²) >= 11 is 0. The van der Waals surface area contributed by atoms with Crippen LogP contribution >= 0.6 is 0 Å². The van der Waals surface area contributed by atoms with E-state index < -0.39 is 5.60 Å². The van der Waals surface area contributed by atoms with Crippen LogP contribution in [0.4, 0.5) is 5.69 Å². The third-order valence-corrected chi connectivity index (χ3v) is 7.39. The van der Waals surface area contributed by atoms with Crippen LogP contribution in [0.3, 0.4) is 0 Å². The minimum Gasteiger partial charge on any atom is -0.473 e. The zero-order valence-electron chi connectivity index (χ0n) is 20.0. The highest BCUT2D eigenvalue weighted by atomic mass is 16.6. The van der Waals surface area contributed by atoms with Crippen LogP contribution in [0.15, 0.2) is 109 Å². The number of fused-ring (bicyclic) bond motifs is 7. The molecule has 178 valence electrons. The summed E-state index contributed by atoms with van der Waals surface area (Å²) in [7, 11) is 0. The Hall–Kier alpha value is -4.90. The fourth-order valence-electron chi connectivity index (χ4n) is 5.51. The number of hydrogen-bond acceptors (Lipinski definition) is 4. The van der Waals surface area contributed by atoms with E-state index in [9.17, 15) is 10.1 Å². The second-order valence-corrected chi connectivity index (χ2v) is 9.40. The number of ether oxygens (including phenoxy) is 2.